The highest BCUT2D eigenvalue weighted by molar-refractivity contribution is 5.76. The number of aldehydes is 1. The van der Waals surface area contributed by atoms with Crippen molar-refractivity contribution in [3.63, 3.8) is 0 Å². The van der Waals surface area contributed by atoms with Gasteiger partial charge in [0.15, 0.2) is 0 Å². The van der Waals surface area contributed by atoms with E-state index in [0.29, 0.717) is 5.92 Å². The molecule has 0 aromatic heterocycles. The van der Waals surface area contributed by atoms with Crippen molar-refractivity contribution < 1.29 is 4.79 Å². The van der Waals surface area contributed by atoms with Crippen molar-refractivity contribution in [1.82, 2.24) is 0 Å². The number of hydrogen-bond acceptors (Lipinski definition) is 1. The van der Waals surface area contributed by atoms with E-state index in [1.54, 1.807) is 0 Å². The molecule has 0 saturated carbocycles. The van der Waals surface area contributed by atoms with Gasteiger partial charge in [0.1, 0.15) is 6.29 Å². The summed E-state index contributed by atoms with van der Waals surface area (Å²) < 4.78 is 0. The third kappa shape index (κ3) is 1.95. The van der Waals surface area contributed by atoms with E-state index >= 15 is 0 Å². The van der Waals surface area contributed by atoms with Gasteiger partial charge < -0.3 is 0 Å². The van der Waals surface area contributed by atoms with Crippen molar-refractivity contribution in [3.8, 4) is 0 Å². The van der Waals surface area contributed by atoms with Crippen molar-refractivity contribution >= 4 is 6.29 Å². The minimum atomic E-state index is 0.109. The lowest BCUT2D eigenvalue weighted by atomic mass is 9.61. The minimum Gasteiger partial charge on any atom is -0.298 e. The van der Waals surface area contributed by atoms with Gasteiger partial charge in [-0.1, -0.05) is 44.5 Å². The predicted molar refractivity (Wildman–Crippen MR) is 83.1 cm³/mol. The van der Waals surface area contributed by atoms with Crippen LogP contribution in [-0.4, -0.2) is 6.29 Å². The highest BCUT2D eigenvalue weighted by Gasteiger charge is 2.39. The number of carbonyl (C=O) groups is 1. The van der Waals surface area contributed by atoms with E-state index in [-0.39, 0.29) is 5.41 Å². The van der Waals surface area contributed by atoms with E-state index in [1.807, 2.05) is 0 Å². The highest BCUT2D eigenvalue weighted by atomic mass is 16.1. The highest BCUT2D eigenvalue weighted by Crippen LogP contribution is 2.49. The zero-order valence-electron chi connectivity index (χ0n) is 12.8. The minimum absolute atomic E-state index is 0.109. The van der Waals surface area contributed by atoms with Gasteiger partial charge in [0.05, 0.1) is 0 Å². The second-order valence-electron chi connectivity index (χ2n) is 6.88. The fourth-order valence-corrected chi connectivity index (χ4v) is 4.13. The summed E-state index contributed by atoms with van der Waals surface area (Å²) in [7, 11) is 0. The van der Waals surface area contributed by atoms with Gasteiger partial charge in [-0.3, -0.25) is 4.79 Å². The Morgan fingerprint density at radius 1 is 1.20 bits per heavy atom. The van der Waals surface area contributed by atoms with Gasteiger partial charge in [-0.05, 0) is 60.3 Å². The molecule has 0 bridgehead atoms. The number of hydrogen-bond donors (Lipinski definition) is 0. The number of rotatable bonds is 2. The zero-order valence-corrected chi connectivity index (χ0v) is 12.8. The number of allylic oxidation sites excluding steroid dienone is 2. The summed E-state index contributed by atoms with van der Waals surface area (Å²) >= 11 is 0. The Balaban J connectivity index is 2.13. The molecule has 0 spiro atoms. The molecule has 0 saturated heterocycles. The lowest BCUT2D eigenvalue weighted by Crippen LogP contribution is -2.34. The lowest BCUT2D eigenvalue weighted by molar-refractivity contribution is -0.105. The molecule has 1 atom stereocenters. The predicted octanol–water partition coefficient (Wildman–Crippen LogP) is 4.69. The van der Waals surface area contributed by atoms with Crippen molar-refractivity contribution in [1.29, 1.82) is 0 Å². The molecule has 0 N–H and O–H groups in total. The van der Waals surface area contributed by atoms with Crippen LogP contribution in [0.4, 0.5) is 0 Å². The Hall–Kier alpha value is -1.37. The Morgan fingerprint density at radius 2 is 2.00 bits per heavy atom. The molecule has 1 nitrogen and oxygen atoms in total. The fourth-order valence-electron chi connectivity index (χ4n) is 4.13. The summed E-state index contributed by atoms with van der Waals surface area (Å²) in [4.78, 5) is 11.4. The molecule has 3 rings (SSSR count). The molecular weight excluding hydrogens is 244 g/mol. The normalized spacial score (nSPS) is 25.4. The van der Waals surface area contributed by atoms with E-state index in [1.165, 1.54) is 28.7 Å². The maximum Gasteiger partial charge on any atom is 0.146 e. The Labute approximate surface area is 122 Å². The molecule has 2 aliphatic carbocycles. The van der Waals surface area contributed by atoms with E-state index in [4.69, 9.17) is 0 Å². The van der Waals surface area contributed by atoms with Crippen LogP contribution in [0.15, 0.2) is 29.3 Å². The van der Waals surface area contributed by atoms with Crippen LogP contribution in [0, 0.1) is 0 Å². The lowest BCUT2D eigenvalue weighted by Gasteiger charge is -2.43. The Morgan fingerprint density at radius 3 is 2.70 bits per heavy atom. The van der Waals surface area contributed by atoms with Crippen LogP contribution >= 0.6 is 0 Å². The molecule has 106 valence electrons. The number of fused-ring (bicyclic) bond motifs is 3. The molecule has 20 heavy (non-hydrogen) atoms. The summed E-state index contributed by atoms with van der Waals surface area (Å²) in [5, 5.41) is 0. The standard InChI is InChI=1S/C19H24O/c1-13(2)14-6-8-17-15(11-14)7-9-18-16(12-20)5-4-10-19(17,18)3/h6,8,11-13H,4-5,7,9-10H2,1-3H3/t19-/m1/s1. The maximum atomic E-state index is 11.4. The second kappa shape index (κ2) is 4.87. The second-order valence-corrected chi connectivity index (χ2v) is 6.88. The summed E-state index contributed by atoms with van der Waals surface area (Å²) in [6.07, 6.45) is 6.58. The Kier molecular flexibility index (Phi) is 3.32. The largest absolute Gasteiger partial charge is 0.298 e. The average molecular weight is 268 g/mol. The molecule has 0 amide bonds. The molecule has 0 aliphatic heterocycles. The van der Waals surface area contributed by atoms with Crippen LogP contribution < -0.4 is 0 Å². The molecule has 0 fully saturated rings. The molecule has 1 heteroatoms. The first-order valence-corrected chi connectivity index (χ1v) is 7.87. The Bertz CT molecular complexity index is 579. The molecule has 1 aromatic rings. The molecule has 0 heterocycles. The van der Waals surface area contributed by atoms with Crippen LogP contribution in [0.5, 0.6) is 0 Å². The van der Waals surface area contributed by atoms with Crippen molar-refractivity contribution in [3.05, 3.63) is 46.0 Å². The molecule has 0 unspecified atom stereocenters. The van der Waals surface area contributed by atoms with E-state index in [9.17, 15) is 4.79 Å². The maximum absolute atomic E-state index is 11.4. The monoisotopic (exact) mass is 268 g/mol. The van der Waals surface area contributed by atoms with Gasteiger partial charge in [0.25, 0.3) is 0 Å². The first-order valence-electron chi connectivity index (χ1n) is 7.87. The fraction of sp³-hybridized carbons (Fsp3) is 0.526. The van der Waals surface area contributed by atoms with Gasteiger partial charge in [-0.15, -0.1) is 0 Å². The topological polar surface area (TPSA) is 17.1 Å². The van der Waals surface area contributed by atoms with Gasteiger partial charge >= 0.3 is 0 Å². The van der Waals surface area contributed by atoms with Crippen LogP contribution in [0.25, 0.3) is 0 Å². The quantitative estimate of drug-likeness (QED) is 0.711. The van der Waals surface area contributed by atoms with E-state index in [0.717, 1.165) is 37.5 Å². The van der Waals surface area contributed by atoms with Crippen molar-refractivity contribution in [2.24, 2.45) is 0 Å². The van der Waals surface area contributed by atoms with Crippen molar-refractivity contribution in [2.75, 3.05) is 0 Å². The van der Waals surface area contributed by atoms with Crippen LogP contribution in [-0.2, 0) is 16.6 Å². The smallest absolute Gasteiger partial charge is 0.146 e. The molecule has 1 aromatic carbocycles. The number of benzene rings is 1. The number of carbonyl (C=O) groups excluding carboxylic acids is 1. The summed E-state index contributed by atoms with van der Waals surface area (Å²) in [6, 6.07) is 7.02. The zero-order chi connectivity index (χ0) is 14.3. The third-order valence-corrected chi connectivity index (χ3v) is 5.35. The van der Waals surface area contributed by atoms with Crippen LogP contribution in [0.3, 0.4) is 0 Å². The SMILES string of the molecule is CC(C)c1ccc2c(c1)CCC1=C(C=O)CCC[C@@]12C. The summed E-state index contributed by atoms with van der Waals surface area (Å²) in [5.74, 6) is 0.585. The first-order chi connectivity index (χ1) is 9.56. The van der Waals surface area contributed by atoms with Gasteiger partial charge in [-0.25, -0.2) is 0 Å². The van der Waals surface area contributed by atoms with Crippen molar-refractivity contribution in [2.45, 2.75) is 64.2 Å². The van der Waals surface area contributed by atoms with Gasteiger partial charge in [0, 0.05) is 5.41 Å². The first kappa shape index (κ1) is 13.6. The third-order valence-electron chi connectivity index (χ3n) is 5.35. The number of aryl methyl sites for hydroxylation is 1. The molecular formula is C19H24O. The van der Waals surface area contributed by atoms with Gasteiger partial charge in [0.2, 0.25) is 0 Å². The van der Waals surface area contributed by atoms with Crippen LogP contribution in [0.1, 0.15) is 69.1 Å². The van der Waals surface area contributed by atoms with Crippen LogP contribution in [0.2, 0.25) is 0 Å². The van der Waals surface area contributed by atoms with Gasteiger partial charge in [-0.2, -0.15) is 0 Å². The summed E-state index contributed by atoms with van der Waals surface area (Å²) in [6.45, 7) is 6.85. The van der Waals surface area contributed by atoms with E-state index < -0.39 is 0 Å². The average Bonchev–Trinajstić information content (AvgIpc) is 2.45. The molecule has 0 radical (unpaired) electrons. The van der Waals surface area contributed by atoms with E-state index in [2.05, 4.69) is 39.0 Å². The summed E-state index contributed by atoms with van der Waals surface area (Å²) in [5.41, 5.74) is 7.03. The molecule has 2 aliphatic rings.